The molecule has 0 amide bonds. The van der Waals surface area contributed by atoms with Crippen molar-refractivity contribution in [3.63, 3.8) is 0 Å². The molecule has 1 rings (SSSR count). The Hall–Kier alpha value is -1.29. The van der Waals surface area contributed by atoms with Crippen molar-refractivity contribution in [1.82, 2.24) is 0 Å². The molecule has 0 aliphatic carbocycles. The topological polar surface area (TPSA) is 38.3 Å². The monoisotopic (exact) mass is 297 g/mol. The highest BCUT2D eigenvalue weighted by Gasteiger charge is 2.20. The zero-order valence-corrected chi connectivity index (χ0v) is 11.6. The Labute approximate surface area is 110 Å². The summed E-state index contributed by atoms with van der Waals surface area (Å²) < 4.78 is 5.90. The van der Waals surface area contributed by atoms with Crippen molar-refractivity contribution in [3.05, 3.63) is 40.9 Å². The average Bonchev–Trinajstić information content (AvgIpc) is 2.27. The molecule has 92 valence electrons. The first-order valence-electron chi connectivity index (χ1n) is 5.39. The van der Waals surface area contributed by atoms with Gasteiger partial charge in [0, 0.05) is 10.2 Å². The Morgan fingerprint density at radius 3 is 2.71 bits per heavy atom. The molecule has 1 N–H and O–H groups in total. The van der Waals surface area contributed by atoms with Gasteiger partial charge >= 0.3 is 5.97 Å². The Morgan fingerprint density at radius 1 is 1.53 bits per heavy atom. The van der Waals surface area contributed by atoms with Gasteiger partial charge < -0.3 is 10.1 Å². The molecule has 1 aromatic rings. The van der Waals surface area contributed by atoms with Crippen LogP contribution in [0.2, 0.25) is 0 Å². The molecule has 0 radical (unpaired) electrons. The molecular weight excluding hydrogens is 282 g/mol. The lowest BCUT2D eigenvalue weighted by Gasteiger charge is -2.19. The van der Waals surface area contributed by atoms with Gasteiger partial charge in [0.15, 0.2) is 0 Å². The molecule has 1 aromatic carbocycles. The molecule has 0 aromatic heterocycles. The average molecular weight is 298 g/mol. The van der Waals surface area contributed by atoms with E-state index in [9.17, 15) is 4.79 Å². The Bertz CT molecular complexity index is 418. The van der Waals surface area contributed by atoms with E-state index in [0.29, 0.717) is 6.61 Å². The number of carbonyl (C=O) groups excluding carboxylic acids is 1. The molecule has 0 saturated carbocycles. The van der Waals surface area contributed by atoms with Gasteiger partial charge in [-0.3, -0.25) is 0 Å². The molecule has 17 heavy (non-hydrogen) atoms. The van der Waals surface area contributed by atoms with Crippen LogP contribution in [0.3, 0.4) is 0 Å². The summed E-state index contributed by atoms with van der Waals surface area (Å²) in [6.07, 6.45) is 0. The van der Waals surface area contributed by atoms with Crippen LogP contribution in [-0.2, 0) is 9.53 Å². The fourth-order valence-electron chi connectivity index (χ4n) is 1.34. The van der Waals surface area contributed by atoms with Gasteiger partial charge in [0.1, 0.15) is 6.04 Å². The SMILES string of the molecule is C=C(C)C(Nc1ccccc1Br)C(=O)OCC. The van der Waals surface area contributed by atoms with Crippen LogP contribution in [-0.4, -0.2) is 18.6 Å². The molecule has 0 aliphatic heterocycles. The summed E-state index contributed by atoms with van der Waals surface area (Å²) in [4.78, 5) is 11.7. The minimum absolute atomic E-state index is 0.309. The highest BCUT2D eigenvalue weighted by molar-refractivity contribution is 9.10. The van der Waals surface area contributed by atoms with E-state index < -0.39 is 6.04 Å². The molecule has 4 heteroatoms. The number of hydrogen-bond acceptors (Lipinski definition) is 3. The maximum absolute atomic E-state index is 11.7. The van der Waals surface area contributed by atoms with Crippen molar-refractivity contribution in [2.24, 2.45) is 0 Å². The van der Waals surface area contributed by atoms with Crippen LogP contribution in [0, 0.1) is 0 Å². The third kappa shape index (κ3) is 3.89. The van der Waals surface area contributed by atoms with Crippen LogP contribution >= 0.6 is 15.9 Å². The zero-order chi connectivity index (χ0) is 12.8. The van der Waals surface area contributed by atoms with Gasteiger partial charge in [-0.05, 0) is 47.5 Å². The van der Waals surface area contributed by atoms with Crippen LogP contribution in [0.5, 0.6) is 0 Å². The first-order valence-corrected chi connectivity index (χ1v) is 6.18. The summed E-state index contributed by atoms with van der Waals surface area (Å²) in [6.45, 7) is 7.75. The van der Waals surface area contributed by atoms with Crippen molar-refractivity contribution >= 4 is 27.6 Å². The van der Waals surface area contributed by atoms with Crippen LogP contribution in [0.4, 0.5) is 5.69 Å². The number of esters is 1. The second-order valence-corrected chi connectivity index (χ2v) is 4.51. The van der Waals surface area contributed by atoms with Gasteiger partial charge in [-0.25, -0.2) is 4.79 Å². The van der Waals surface area contributed by atoms with Gasteiger partial charge in [-0.1, -0.05) is 18.7 Å². The number of rotatable bonds is 5. The van der Waals surface area contributed by atoms with Gasteiger partial charge in [0.2, 0.25) is 0 Å². The molecule has 3 nitrogen and oxygen atoms in total. The van der Waals surface area contributed by atoms with E-state index in [2.05, 4.69) is 27.8 Å². The Morgan fingerprint density at radius 2 is 2.18 bits per heavy atom. The van der Waals surface area contributed by atoms with Crippen molar-refractivity contribution in [3.8, 4) is 0 Å². The van der Waals surface area contributed by atoms with Crippen molar-refractivity contribution < 1.29 is 9.53 Å². The lowest BCUT2D eigenvalue weighted by Crippen LogP contribution is -2.32. The molecule has 1 atom stereocenters. The molecular formula is C13H16BrNO2. The highest BCUT2D eigenvalue weighted by Crippen LogP contribution is 2.23. The summed E-state index contributed by atoms with van der Waals surface area (Å²) in [5.74, 6) is -0.309. The standard InChI is InChI=1S/C13H16BrNO2/c1-4-17-13(16)12(9(2)3)15-11-8-6-5-7-10(11)14/h5-8,12,15H,2,4H2,1,3H3. The lowest BCUT2D eigenvalue weighted by molar-refractivity contribution is -0.143. The number of ether oxygens (including phenoxy) is 1. The van der Waals surface area contributed by atoms with E-state index in [0.717, 1.165) is 15.7 Å². The van der Waals surface area contributed by atoms with Crippen molar-refractivity contribution in [2.45, 2.75) is 19.9 Å². The number of nitrogens with one attached hydrogen (secondary N) is 1. The summed E-state index contributed by atoms with van der Waals surface area (Å²) in [5.41, 5.74) is 1.56. The van der Waals surface area contributed by atoms with E-state index in [1.165, 1.54) is 0 Å². The maximum Gasteiger partial charge on any atom is 0.332 e. The third-order valence-corrected chi connectivity index (χ3v) is 2.88. The second-order valence-electron chi connectivity index (χ2n) is 3.66. The van der Waals surface area contributed by atoms with E-state index in [1.807, 2.05) is 24.3 Å². The number of carbonyl (C=O) groups is 1. The highest BCUT2D eigenvalue weighted by atomic mass is 79.9. The lowest BCUT2D eigenvalue weighted by atomic mass is 10.1. The fraction of sp³-hybridized carbons (Fsp3) is 0.308. The second kappa shape index (κ2) is 6.45. The Kier molecular flexibility index (Phi) is 5.22. The van der Waals surface area contributed by atoms with Gasteiger partial charge in [0.25, 0.3) is 0 Å². The van der Waals surface area contributed by atoms with E-state index in [4.69, 9.17) is 4.74 Å². The van der Waals surface area contributed by atoms with Crippen molar-refractivity contribution in [2.75, 3.05) is 11.9 Å². The van der Waals surface area contributed by atoms with Crippen LogP contribution in [0.1, 0.15) is 13.8 Å². The first-order chi connectivity index (χ1) is 8.06. The largest absolute Gasteiger partial charge is 0.464 e. The number of hydrogen-bond donors (Lipinski definition) is 1. The number of para-hydroxylation sites is 1. The molecule has 0 spiro atoms. The minimum atomic E-state index is -0.520. The number of benzene rings is 1. The predicted octanol–water partition coefficient (Wildman–Crippen LogP) is 3.37. The molecule has 0 fully saturated rings. The van der Waals surface area contributed by atoms with Crippen LogP contribution in [0.25, 0.3) is 0 Å². The quantitative estimate of drug-likeness (QED) is 0.669. The zero-order valence-electron chi connectivity index (χ0n) is 10.00. The van der Waals surface area contributed by atoms with Gasteiger partial charge in [-0.15, -0.1) is 0 Å². The molecule has 0 saturated heterocycles. The van der Waals surface area contributed by atoms with Crippen LogP contribution < -0.4 is 5.32 Å². The molecule has 0 heterocycles. The smallest absolute Gasteiger partial charge is 0.332 e. The number of anilines is 1. The number of halogens is 1. The normalized spacial score (nSPS) is 11.7. The third-order valence-electron chi connectivity index (χ3n) is 2.19. The van der Waals surface area contributed by atoms with E-state index in [1.54, 1.807) is 13.8 Å². The fourth-order valence-corrected chi connectivity index (χ4v) is 1.74. The summed E-state index contributed by atoms with van der Waals surface area (Å²) in [5, 5.41) is 3.11. The summed E-state index contributed by atoms with van der Waals surface area (Å²) >= 11 is 3.42. The summed E-state index contributed by atoms with van der Waals surface area (Å²) in [7, 11) is 0. The first kappa shape index (κ1) is 13.8. The van der Waals surface area contributed by atoms with Crippen LogP contribution in [0.15, 0.2) is 40.9 Å². The van der Waals surface area contributed by atoms with E-state index in [-0.39, 0.29) is 5.97 Å². The summed E-state index contributed by atoms with van der Waals surface area (Å²) in [6, 6.07) is 7.08. The molecule has 0 aliphatic rings. The van der Waals surface area contributed by atoms with Gasteiger partial charge in [-0.2, -0.15) is 0 Å². The minimum Gasteiger partial charge on any atom is -0.464 e. The van der Waals surface area contributed by atoms with Gasteiger partial charge in [0.05, 0.1) is 6.61 Å². The molecule has 0 bridgehead atoms. The Balaban J connectivity index is 2.84. The molecule has 1 unspecified atom stereocenters. The van der Waals surface area contributed by atoms with E-state index >= 15 is 0 Å². The maximum atomic E-state index is 11.7. The predicted molar refractivity (Wildman–Crippen MR) is 73.0 cm³/mol. The van der Waals surface area contributed by atoms with Crippen molar-refractivity contribution in [1.29, 1.82) is 0 Å².